The molecule has 0 spiro atoms. The van der Waals surface area contributed by atoms with Crippen molar-refractivity contribution in [2.45, 2.75) is 38.8 Å². The maximum Gasteiger partial charge on any atom is 0.387 e. The molecule has 2 aromatic rings. The molecule has 1 N–H and O–H groups in total. The normalized spacial score (nSPS) is 13.4. The molecule has 0 saturated carbocycles. The predicted octanol–water partition coefficient (Wildman–Crippen LogP) is 4.80. The minimum atomic E-state index is -2.89. The highest BCUT2D eigenvalue weighted by Gasteiger charge is 2.15. The van der Waals surface area contributed by atoms with Crippen molar-refractivity contribution >= 4 is 5.91 Å². The highest BCUT2D eigenvalue weighted by atomic mass is 19.3. The summed E-state index contributed by atoms with van der Waals surface area (Å²) in [6.45, 7) is 0.757. The SMILES string of the molecule is CC(CC(=O)NC(C)c1cccc(OC(F)F)c1)c1ccc(F)cc1. The second kappa shape index (κ2) is 8.55. The Morgan fingerprint density at radius 1 is 1.08 bits per heavy atom. The van der Waals surface area contributed by atoms with E-state index < -0.39 is 6.61 Å². The van der Waals surface area contributed by atoms with Crippen molar-refractivity contribution in [3.05, 3.63) is 65.5 Å². The van der Waals surface area contributed by atoms with Gasteiger partial charge in [-0.3, -0.25) is 4.79 Å². The van der Waals surface area contributed by atoms with Crippen LogP contribution < -0.4 is 10.1 Å². The summed E-state index contributed by atoms with van der Waals surface area (Å²) in [6, 6.07) is 11.9. The Morgan fingerprint density at radius 2 is 1.76 bits per heavy atom. The van der Waals surface area contributed by atoms with E-state index in [2.05, 4.69) is 10.1 Å². The number of hydrogen-bond donors (Lipinski definition) is 1. The van der Waals surface area contributed by atoms with E-state index in [9.17, 15) is 18.0 Å². The highest BCUT2D eigenvalue weighted by molar-refractivity contribution is 5.77. The molecule has 0 bridgehead atoms. The molecule has 6 heteroatoms. The van der Waals surface area contributed by atoms with Crippen molar-refractivity contribution in [1.82, 2.24) is 5.32 Å². The minimum absolute atomic E-state index is 0.0493. The van der Waals surface area contributed by atoms with E-state index >= 15 is 0 Å². The zero-order valence-corrected chi connectivity index (χ0v) is 14.0. The summed E-state index contributed by atoms with van der Waals surface area (Å²) < 4.78 is 41.9. The summed E-state index contributed by atoms with van der Waals surface area (Å²) in [4.78, 5) is 12.2. The monoisotopic (exact) mass is 351 g/mol. The van der Waals surface area contributed by atoms with Gasteiger partial charge in [0.15, 0.2) is 0 Å². The summed E-state index contributed by atoms with van der Waals surface area (Å²) in [5, 5.41) is 2.83. The lowest BCUT2D eigenvalue weighted by Gasteiger charge is -2.17. The molecule has 2 rings (SSSR count). The Bertz CT molecular complexity index is 704. The molecule has 0 aliphatic heterocycles. The van der Waals surface area contributed by atoms with Gasteiger partial charge >= 0.3 is 6.61 Å². The number of halogens is 3. The van der Waals surface area contributed by atoms with Gasteiger partial charge in [0.2, 0.25) is 5.91 Å². The molecule has 3 nitrogen and oxygen atoms in total. The van der Waals surface area contributed by atoms with E-state index in [-0.39, 0.29) is 35.9 Å². The summed E-state index contributed by atoms with van der Waals surface area (Å²) in [7, 11) is 0. The van der Waals surface area contributed by atoms with Crippen LogP contribution >= 0.6 is 0 Å². The lowest BCUT2D eigenvalue weighted by atomic mass is 9.97. The largest absolute Gasteiger partial charge is 0.435 e. The van der Waals surface area contributed by atoms with Crippen molar-refractivity contribution in [2.24, 2.45) is 0 Å². The van der Waals surface area contributed by atoms with Gasteiger partial charge < -0.3 is 10.1 Å². The molecule has 0 aromatic heterocycles. The lowest BCUT2D eigenvalue weighted by Crippen LogP contribution is -2.27. The van der Waals surface area contributed by atoms with Crippen LogP contribution in [0.2, 0.25) is 0 Å². The van der Waals surface area contributed by atoms with Crippen LogP contribution in [0.4, 0.5) is 13.2 Å². The fourth-order valence-corrected chi connectivity index (χ4v) is 2.53. The molecule has 2 unspecified atom stereocenters. The molecule has 1 amide bonds. The minimum Gasteiger partial charge on any atom is -0.435 e. The van der Waals surface area contributed by atoms with Crippen LogP contribution in [0.25, 0.3) is 0 Å². The fourth-order valence-electron chi connectivity index (χ4n) is 2.53. The van der Waals surface area contributed by atoms with Gasteiger partial charge in [-0.25, -0.2) is 4.39 Å². The zero-order valence-electron chi connectivity index (χ0n) is 14.0. The first-order valence-electron chi connectivity index (χ1n) is 7.94. The van der Waals surface area contributed by atoms with Crippen molar-refractivity contribution in [3.63, 3.8) is 0 Å². The quantitative estimate of drug-likeness (QED) is 0.778. The molecule has 2 atom stereocenters. The average molecular weight is 351 g/mol. The molecular formula is C19H20F3NO2. The third-order valence-corrected chi connectivity index (χ3v) is 3.89. The molecular weight excluding hydrogens is 331 g/mol. The van der Waals surface area contributed by atoms with Crippen LogP contribution in [-0.2, 0) is 4.79 Å². The molecule has 0 saturated heterocycles. The number of amides is 1. The number of carbonyl (C=O) groups excluding carboxylic acids is 1. The molecule has 0 radical (unpaired) electrons. The van der Waals surface area contributed by atoms with Gasteiger partial charge in [0.1, 0.15) is 11.6 Å². The smallest absolute Gasteiger partial charge is 0.387 e. The number of carbonyl (C=O) groups is 1. The zero-order chi connectivity index (χ0) is 18.4. The first-order valence-corrected chi connectivity index (χ1v) is 7.94. The maximum absolute atomic E-state index is 12.9. The van der Waals surface area contributed by atoms with Gasteiger partial charge in [-0.1, -0.05) is 31.2 Å². The van der Waals surface area contributed by atoms with Gasteiger partial charge in [0.25, 0.3) is 0 Å². The van der Waals surface area contributed by atoms with E-state index in [0.717, 1.165) is 5.56 Å². The first kappa shape index (κ1) is 18.8. The Kier molecular flexibility index (Phi) is 6.44. The number of rotatable bonds is 7. The maximum atomic E-state index is 12.9. The third kappa shape index (κ3) is 5.81. The average Bonchev–Trinajstić information content (AvgIpc) is 2.54. The number of alkyl halides is 2. The van der Waals surface area contributed by atoms with Crippen molar-refractivity contribution < 1.29 is 22.7 Å². The van der Waals surface area contributed by atoms with Crippen LogP contribution in [0, 0.1) is 5.82 Å². The number of ether oxygens (including phenoxy) is 1. The van der Waals surface area contributed by atoms with Crippen LogP contribution in [0.1, 0.15) is 43.4 Å². The van der Waals surface area contributed by atoms with Crippen LogP contribution in [0.15, 0.2) is 48.5 Å². The summed E-state index contributed by atoms with van der Waals surface area (Å²) in [5.74, 6) is -0.515. The number of hydrogen-bond acceptors (Lipinski definition) is 2. The number of nitrogens with one attached hydrogen (secondary N) is 1. The van der Waals surface area contributed by atoms with Crippen molar-refractivity contribution in [1.29, 1.82) is 0 Å². The summed E-state index contributed by atoms with van der Waals surface area (Å²) >= 11 is 0. The van der Waals surface area contributed by atoms with E-state index in [4.69, 9.17) is 0 Å². The molecule has 0 fully saturated rings. The standard InChI is InChI=1S/C19H20F3NO2/c1-12(14-6-8-16(20)9-7-14)10-18(24)23-13(2)15-4-3-5-17(11-15)25-19(21)22/h3-9,11-13,19H,10H2,1-2H3,(H,23,24). The topological polar surface area (TPSA) is 38.3 Å². The summed E-state index contributed by atoms with van der Waals surface area (Å²) in [5.41, 5.74) is 1.54. The molecule has 0 aliphatic rings. The molecule has 25 heavy (non-hydrogen) atoms. The van der Waals surface area contributed by atoms with E-state index in [1.807, 2.05) is 6.92 Å². The molecule has 0 aliphatic carbocycles. The summed E-state index contributed by atoms with van der Waals surface area (Å²) in [6.07, 6.45) is 0.239. The van der Waals surface area contributed by atoms with Crippen molar-refractivity contribution in [3.8, 4) is 5.75 Å². The Balaban J connectivity index is 1.94. The Hall–Kier alpha value is -2.50. The van der Waals surface area contributed by atoms with Gasteiger partial charge in [-0.05, 0) is 48.2 Å². The second-order valence-corrected chi connectivity index (χ2v) is 5.90. The molecule has 134 valence electrons. The van der Waals surface area contributed by atoms with Gasteiger partial charge in [0.05, 0.1) is 6.04 Å². The lowest BCUT2D eigenvalue weighted by molar-refractivity contribution is -0.122. The van der Waals surface area contributed by atoms with Gasteiger partial charge in [-0.2, -0.15) is 8.78 Å². The Labute approximate surface area is 144 Å². The Morgan fingerprint density at radius 3 is 2.40 bits per heavy atom. The van der Waals surface area contributed by atoms with Gasteiger partial charge in [0, 0.05) is 6.42 Å². The predicted molar refractivity (Wildman–Crippen MR) is 89.1 cm³/mol. The van der Waals surface area contributed by atoms with Crippen LogP contribution in [0.5, 0.6) is 5.75 Å². The number of benzene rings is 2. The van der Waals surface area contributed by atoms with E-state index in [1.165, 1.54) is 24.3 Å². The third-order valence-electron chi connectivity index (χ3n) is 3.89. The van der Waals surface area contributed by atoms with Crippen LogP contribution in [-0.4, -0.2) is 12.5 Å². The van der Waals surface area contributed by atoms with Crippen molar-refractivity contribution in [2.75, 3.05) is 0 Å². The molecule has 0 heterocycles. The van der Waals surface area contributed by atoms with Crippen LogP contribution in [0.3, 0.4) is 0 Å². The van der Waals surface area contributed by atoms with E-state index in [0.29, 0.717) is 5.56 Å². The first-order chi connectivity index (χ1) is 11.8. The van der Waals surface area contributed by atoms with Gasteiger partial charge in [-0.15, -0.1) is 0 Å². The second-order valence-electron chi connectivity index (χ2n) is 5.90. The fraction of sp³-hybridized carbons (Fsp3) is 0.316. The van der Waals surface area contributed by atoms with E-state index in [1.54, 1.807) is 31.2 Å². The molecule has 2 aromatic carbocycles. The highest BCUT2D eigenvalue weighted by Crippen LogP contribution is 2.22.